The van der Waals surface area contributed by atoms with E-state index < -0.39 is 0 Å². The van der Waals surface area contributed by atoms with Crippen molar-refractivity contribution in [2.24, 2.45) is 0 Å². The molecule has 1 N–H and O–H groups in total. The number of methoxy groups -OCH3 is 1. The number of ether oxygens (including phenoxy) is 1. The van der Waals surface area contributed by atoms with Crippen LogP contribution >= 0.6 is 0 Å². The molecule has 0 saturated carbocycles. The molecular weight excluding hydrogens is 198 g/mol. The normalized spacial score (nSPS) is 17.6. The van der Waals surface area contributed by atoms with Gasteiger partial charge in [0.15, 0.2) is 0 Å². The summed E-state index contributed by atoms with van der Waals surface area (Å²) in [5.41, 5.74) is 2.88. The Morgan fingerprint density at radius 1 is 1.19 bits per heavy atom. The van der Waals surface area contributed by atoms with Crippen LogP contribution in [-0.2, 0) is 11.2 Å². The second-order valence-corrected chi connectivity index (χ2v) is 4.51. The van der Waals surface area contributed by atoms with Crippen LogP contribution in [0.25, 0.3) is 0 Å². The Bertz CT molecular complexity index is 301. The number of benzene rings is 1. The maximum atomic E-state index is 5.08. The molecule has 0 atom stereocenters. The molecule has 2 heteroatoms. The third-order valence-electron chi connectivity index (χ3n) is 3.39. The van der Waals surface area contributed by atoms with Gasteiger partial charge in [-0.25, -0.2) is 0 Å². The van der Waals surface area contributed by atoms with Gasteiger partial charge in [0, 0.05) is 7.11 Å². The number of piperidine rings is 1. The second-order valence-electron chi connectivity index (χ2n) is 4.51. The van der Waals surface area contributed by atoms with Crippen LogP contribution in [-0.4, -0.2) is 26.8 Å². The number of rotatable bonds is 4. The molecule has 1 heterocycles. The van der Waals surface area contributed by atoms with E-state index in [2.05, 4.69) is 29.6 Å². The Hall–Kier alpha value is -0.860. The average Bonchev–Trinajstić information content (AvgIpc) is 2.38. The van der Waals surface area contributed by atoms with Crippen LogP contribution in [0.4, 0.5) is 0 Å². The van der Waals surface area contributed by atoms with E-state index in [1.54, 1.807) is 7.11 Å². The summed E-state index contributed by atoms with van der Waals surface area (Å²) in [5, 5.41) is 3.41. The summed E-state index contributed by atoms with van der Waals surface area (Å²) in [5.74, 6) is 0.762. The van der Waals surface area contributed by atoms with Gasteiger partial charge in [0.05, 0.1) is 6.61 Å². The lowest BCUT2D eigenvalue weighted by Crippen LogP contribution is -2.26. The van der Waals surface area contributed by atoms with Crippen LogP contribution in [0.2, 0.25) is 0 Å². The Morgan fingerprint density at radius 2 is 1.88 bits per heavy atom. The molecule has 88 valence electrons. The van der Waals surface area contributed by atoms with Gasteiger partial charge < -0.3 is 10.1 Å². The highest BCUT2D eigenvalue weighted by Crippen LogP contribution is 2.25. The fourth-order valence-corrected chi connectivity index (χ4v) is 2.33. The summed E-state index contributed by atoms with van der Waals surface area (Å²) in [6, 6.07) is 9.08. The molecule has 1 fully saturated rings. The zero-order valence-electron chi connectivity index (χ0n) is 10.0. The molecule has 0 unspecified atom stereocenters. The first-order valence-corrected chi connectivity index (χ1v) is 6.18. The lowest BCUT2D eigenvalue weighted by Gasteiger charge is -2.23. The summed E-state index contributed by atoms with van der Waals surface area (Å²) in [7, 11) is 1.75. The van der Waals surface area contributed by atoms with E-state index in [1.165, 1.54) is 24.0 Å². The minimum atomic E-state index is 0.762. The minimum absolute atomic E-state index is 0.762. The maximum Gasteiger partial charge on any atom is 0.0502 e. The molecule has 0 amide bonds. The van der Waals surface area contributed by atoms with E-state index in [-0.39, 0.29) is 0 Å². The first-order valence-electron chi connectivity index (χ1n) is 6.18. The summed E-state index contributed by atoms with van der Waals surface area (Å²) < 4.78 is 5.08. The average molecular weight is 219 g/mol. The molecule has 0 bridgehead atoms. The monoisotopic (exact) mass is 219 g/mol. The maximum absolute atomic E-state index is 5.08. The van der Waals surface area contributed by atoms with E-state index in [1.807, 2.05) is 0 Å². The first kappa shape index (κ1) is 11.6. The van der Waals surface area contributed by atoms with Crippen molar-refractivity contribution in [3.8, 4) is 0 Å². The van der Waals surface area contributed by atoms with Crippen molar-refractivity contribution in [3.63, 3.8) is 0 Å². The summed E-state index contributed by atoms with van der Waals surface area (Å²) in [6.45, 7) is 3.14. The molecule has 1 aliphatic heterocycles. The molecule has 0 aromatic heterocycles. The zero-order chi connectivity index (χ0) is 11.2. The number of hydrogen-bond donors (Lipinski definition) is 1. The Morgan fingerprint density at radius 3 is 2.50 bits per heavy atom. The van der Waals surface area contributed by atoms with Crippen LogP contribution in [0, 0.1) is 0 Å². The van der Waals surface area contributed by atoms with Crippen molar-refractivity contribution in [3.05, 3.63) is 35.4 Å². The zero-order valence-corrected chi connectivity index (χ0v) is 10.0. The highest BCUT2D eigenvalue weighted by atomic mass is 16.5. The molecule has 1 aromatic rings. The van der Waals surface area contributed by atoms with Crippen LogP contribution in [0.1, 0.15) is 29.9 Å². The van der Waals surface area contributed by atoms with Gasteiger partial charge in [-0.2, -0.15) is 0 Å². The van der Waals surface area contributed by atoms with Crippen LogP contribution in [0.3, 0.4) is 0 Å². The third-order valence-corrected chi connectivity index (χ3v) is 3.39. The molecule has 2 nitrogen and oxygen atoms in total. The highest BCUT2D eigenvalue weighted by Gasteiger charge is 2.14. The van der Waals surface area contributed by atoms with Crippen LogP contribution < -0.4 is 5.32 Å². The Labute approximate surface area is 98.0 Å². The quantitative estimate of drug-likeness (QED) is 0.839. The van der Waals surface area contributed by atoms with Gasteiger partial charge in [0.2, 0.25) is 0 Å². The predicted octanol–water partition coefficient (Wildman–Crippen LogP) is 2.34. The summed E-state index contributed by atoms with van der Waals surface area (Å²) >= 11 is 0. The van der Waals surface area contributed by atoms with E-state index in [0.29, 0.717) is 0 Å². The molecule has 2 rings (SSSR count). The fraction of sp³-hybridized carbons (Fsp3) is 0.571. The van der Waals surface area contributed by atoms with Crippen molar-refractivity contribution in [1.82, 2.24) is 5.32 Å². The Balaban J connectivity index is 1.95. The van der Waals surface area contributed by atoms with Crippen LogP contribution in [0.5, 0.6) is 0 Å². The fourth-order valence-electron chi connectivity index (χ4n) is 2.33. The van der Waals surface area contributed by atoms with Gasteiger partial charge in [-0.1, -0.05) is 24.3 Å². The molecule has 1 aromatic carbocycles. The van der Waals surface area contributed by atoms with E-state index in [0.717, 1.165) is 32.0 Å². The van der Waals surface area contributed by atoms with Crippen molar-refractivity contribution in [1.29, 1.82) is 0 Å². The van der Waals surface area contributed by atoms with Gasteiger partial charge in [-0.15, -0.1) is 0 Å². The summed E-state index contributed by atoms with van der Waals surface area (Å²) in [4.78, 5) is 0. The lowest BCUT2D eigenvalue weighted by atomic mass is 9.89. The molecule has 16 heavy (non-hydrogen) atoms. The van der Waals surface area contributed by atoms with E-state index in [9.17, 15) is 0 Å². The van der Waals surface area contributed by atoms with Gasteiger partial charge in [-0.3, -0.25) is 0 Å². The summed E-state index contributed by atoms with van der Waals surface area (Å²) in [6.07, 6.45) is 3.57. The molecular formula is C14H21NO. The van der Waals surface area contributed by atoms with Gasteiger partial charge in [0.25, 0.3) is 0 Å². The first-order chi connectivity index (χ1) is 7.90. The largest absolute Gasteiger partial charge is 0.384 e. The molecule has 0 spiro atoms. The minimum Gasteiger partial charge on any atom is -0.384 e. The lowest BCUT2D eigenvalue weighted by molar-refractivity contribution is 0.202. The van der Waals surface area contributed by atoms with Crippen molar-refractivity contribution >= 4 is 0 Å². The third kappa shape index (κ3) is 3.06. The predicted molar refractivity (Wildman–Crippen MR) is 66.9 cm³/mol. The van der Waals surface area contributed by atoms with E-state index in [4.69, 9.17) is 4.74 Å². The van der Waals surface area contributed by atoms with Gasteiger partial charge in [0.1, 0.15) is 0 Å². The van der Waals surface area contributed by atoms with Crippen molar-refractivity contribution in [2.45, 2.75) is 25.2 Å². The van der Waals surface area contributed by atoms with Crippen molar-refractivity contribution in [2.75, 3.05) is 26.8 Å². The van der Waals surface area contributed by atoms with E-state index >= 15 is 0 Å². The molecule has 1 aliphatic rings. The van der Waals surface area contributed by atoms with Crippen LogP contribution in [0.15, 0.2) is 24.3 Å². The smallest absolute Gasteiger partial charge is 0.0502 e. The standard InChI is InChI=1S/C14H21NO/c1-16-11-8-12-2-4-13(5-3-12)14-6-9-15-10-7-14/h2-5,14-15H,6-11H2,1H3. The van der Waals surface area contributed by atoms with Gasteiger partial charge >= 0.3 is 0 Å². The number of nitrogens with one attached hydrogen (secondary N) is 1. The Kier molecular flexibility index (Phi) is 4.37. The van der Waals surface area contributed by atoms with Gasteiger partial charge in [-0.05, 0) is 49.4 Å². The second kappa shape index (κ2) is 6.02. The number of hydrogen-bond acceptors (Lipinski definition) is 2. The topological polar surface area (TPSA) is 21.3 Å². The molecule has 1 saturated heterocycles. The molecule has 0 radical (unpaired) electrons. The highest BCUT2D eigenvalue weighted by molar-refractivity contribution is 5.26. The SMILES string of the molecule is COCCc1ccc(C2CCNCC2)cc1. The molecule has 0 aliphatic carbocycles. The van der Waals surface area contributed by atoms with Crippen molar-refractivity contribution < 1.29 is 4.74 Å².